The van der Waals surface area contributed by atoms with Crippen molar-refractivity contribution >= 4 is 5.78 Å². The zero-order chi connectivity index (χ0) is 9.47. The van der Waals surface area contributed by atoms with Crippen molar-refractivity contribution < 1.29 is 9.53 Å². The van der Waals surface area contributed by atoms with Crippen LogP contribution in [0.25, 0.3) is 0 Å². The van der Waals surface area contributed by atoms with Gasteiger partial charge in [-0.2, -0.15) is 0 Å². The average Bonchev–Trinajstić information content (AvgIpc) is 2.36. The zero-order valence-electron chi connectivity index (χ0n) is 8.51. The predicted octanol–water partition coefficient (Wildman–Crippen LogP) is 2.31. The monoisotopic (exact) mass is 182 g/mol. The summed E-state index contributed by atoms with van der Waals surface area (Å²) in [5.41, 5.74) is -0.364. The van der Waals surface area contributed by atoms with Crippen LogP contribution in [0, 0.1) is 5.92 Å². The molecular formula is C11H18O2. The summed E-state index contributed by atoms with van der Waals surface area (Å²) >= 11 is 0. The predicted molar refractivity (Wildman–Crippen MR) is 50.5 cm³/mol. The third-order valence-electron chi connectivity index (χ3n) is 3.61. The van der Waals surface area contributed by atoms with Crippen LogP contribution in [0.15, 0.2) is 0 Å². The third-order valence-corrected chi connectivity index (χ3v) is 3.61. The van der Waals surface area contributed by atoms with Crippen LogP contribution in [0.1, 0.15) is 46.0 Å². The summed E-state index contributed by atoms with van der Waals surface area (Å²) < 4.78 is 5.86. The van der Waals surface area contributed by atoms with Gasteiger partial charge in [0.25, 0.3) is 0 Å². The first-order valence-electron chi connectivity index (χ1n) is 5.35. The Hall–Kier alpha value is -0.370. The summed E-state index contributed by atoms with van der Waals surface area (Å²) in [4.78, 5) is 11.8. The van der Waals surface area contributed by atoms with E-state index in [2.05, 4.69) is 13.8 Å². The zero-order valence-corrected chi connectivity index (χ0v) is 8.51. The summed E-state index contributed by atoms with van der Waals surface area (Å²) in [7, 11) is 0. The Labute approximate surface area is 79.7 Å². The summed E-state index contributed by atoms with van der Waals surface area (Å²) in [5, 5.41) is 0. The second kappa shape index (κ2) is 3.09. The Balaban J connectivity index is 2.16. The van der Waals surface area contributed by atoms with Crippen molar-refractivity contribution in [3.8, 4) is 0 Å². The summed E-state index contributed by atoms with van der Waals surface area (Å²) in [6.45, 7) is 4.27. The maximum absolute atomic E-state index is 11.8. The van der Waals surface area contributed by atoms with E-state index in [-0.39, 0.29) is 11.7 Å². The van der Waals surface area contributed by atoms with Gasteiger partial charge < -0.3 is 4.74 Å². The van der Waals surface area contributed by atoms with E-state index < -0.39 is 0 Å². The average molecular weight is 182 g/mol. The minimum absolute atomic E-state index is 0.266. The maximum Gasteiger partial charge on any atom is 0.164 e. The second-order valence-electron chi connectivity index (χ2n) is 4.63. The van der Waals surface area contributed by atoms with E-state index in [1.165, 1.54) is 0 Å². The van der Waals surface area contributed by atoms with E-state index in [4.69, 9.17) is 4.74 Å². The molecule has 1 spiro atoms. The van der Waals surface area contributed by atoms with Crippen molar-refractivity contribution in [1.29, 1.82) is 0 Å². The van der Waals surface area contributed by atoms with Gasteiger partial charge in [0, 0.05) is 6.42 Å². The largest absolute Gasteiger partial charge is 0.364 e. The van der Waals surface area contributed by atoms with E-state index in [1.807, 2.05) is 0 Å². The molecule has 0 amide bonds. The third kappa shape index (κ3) is 1.41. The summed E-state index contributed by atoms with van der Waals surface area (Å²) in [6.07, 6.45) is 5.13. The lowest BCUT2D eigenvalue weighted by Gasteiger charge is -2.31. The fourth-order valence-electron chi connectivity index (χ4n) is 2.61. The maximum atomic E-state index is 11.8. The molecule has 1 saturated carbocycles. The van der Waals surface area contributed by atoms with Gasteiger partial charge in [0.15, 0.2) is 5.78 Å². The first-order chi connectivity index (χ1) is 6.14. The van der Waals surface area contributed by atoms with E-state index in [9.17, 15) is 4.79 Å². The number of hydrogen-bond donors (Lipinski definition) is 0. The minimum atomic E-state index is -0.364. The molecule has 0 N–H and O–H groups in total. The molecule has 2 nitrogen and oxygen atoms in total. The van der Waals surface area contributed by atoms with Gasteiger partial charge in [0.2, 0.25) is 0 Å². The van der Waals surface area contributed by atoms with Crippen molar-refractivity contribution in [2.24, 2.45) is 5.92 Å². The normalized spacial score (nSPS) is 45.8. The molecular weight excluding hydrogens is 164 g/mol. The molecule has 2 heteroatoms. The highest BCUT2D eigenvalue weighted by molar-refractivity contribution is 5.88. The van der Waals surface area contributed by atoms with Crippen LogP contribution < -0.4 is 0 Å². The van der Waals surface area contributed by atoms with Crippen LogP contribution >= 0.6 is 0 Å². The molecule has 0 aromatic heterocycles. The Bertz CT molecular complexity index is 212. The molecule has 1 aliphatic carbocycles. The highest BCUT2D eigenvalue weighted by atomic mass is 16.5. The number of carbonyl (C=O) groups is 1. The molecule has 3 atom stereocenters. The molecule has 1 heterocycles. The van der Waals surface area contributed by atoms with Crippen LogP contribution in [0.2, 0.25) is 0 Å². The summed E-state index contributed by atoms with van der Waals surface area (Å²) in [5.74, 6) is 0.900. The Morgan fingerprint density at radius 2 is 2.15 bits per heavy atom. The van der Waals surface area contributed by atoms with Crippen molar-refractivity contribution in [3.05, 3.63) is 0 Å². The fraction of sp³-hybridized carbons (Fsp3) is 0.909. The van der Waals surface area contributed by atoms with Gasteiger partial charge in [-0.25, -0.2) is 0 Å². The van der Waals surface area contributed by atoms with Crippen LogP contribution in [-0.4, -0.2) is 17.5 Å². The summed E-state index contributed by atoms with van der Waals surface area (Å²) in [6, 6.07) is 0. The number of carbonyl (C=O) groups excluding carboxylic acids is 1. The SMILES string of the molecule is C[C@@H]1O[C@]2(CCCCC2=O)C[C@@H]1C. The minimum Gasteiger partial charge on any atom is -0.364 e. The Morgan fingerprint density at radius 3 is 2.69 bits per heavy atom. The second-order valence-corrected chi connectivity index (χ2v) is 4.63. The molecule has 2 fully saturated rings. The lowest BCUT2D eigenvalue weighted by molar-refractivity contribution is -0.146. The number of ketones is 1. The molecule has 2 aliphatic rings. The van der Waals surface area contributed by atoms with Gasteiger partial charge in [-0.05, 0) is 38.5 Å². The van der Waals surface area contributed by atoms with E-state index in [0.717, 1.165) is 32.1 Å². The Morgan fingerprint density at radius 1 is 1.38 bits per heavy atom. The molecule has 13 heavy (non-hydrogen) atoms. The fourth-order valence-corrected chi connectivity index (χ4v) is 2.61. The van der Waals surface area contributed by atoms with Gasteiger partial charge in [0.05, 0.1) is 6.10 Å². The van der Waals surface area contributed by atoms with E-state index >= 15 is 0 Å². The van der Waals surface area contributed by atoms with Crippen molar-refractivity contribution in [2.45, 2.75) is 57.7 Å². The lowest BCUT2D eigenvalue weighted by atomic mass is 9.79. The van der Waals surface area contributed by atoms with Crippen LogP contribution in [0.3, 0.4) is 0 Å². The highest BCUT2D eigenvalue weighted by Gasteiger charge is 2.48. The first-order valence-corrected chi connectivity index (χ1v) is 5.35. The molecule has 0 unspecified atom stereocenters. The topological polar surface area (TPSA) is 26.3 Å². The van der Waals surface area contributed by atoms with Crippen LogP contribution in [0.5, 0.6) is 0 Å². The van der Waals surface area contributed by atoms with Crippen molar-refractivity contribution in [1.82, 2.24) is 0 Å². The molecule has 0 aromatic carbocycles. The standard InChI is InChI=1S/C11H18O2/c1-8-7-11(13-9(8)2)6-4-3-5-10(11)12/h8-9H,3-7H2,1-2H3/t8-,9-,11+/m0/s1. The molecule has 1 aliphatic heterocycles. The number of rotatable bonds is 0. The molecule has 74 valence electrons. The van der Waals surface area contributed by atoms with E-state index in [0.29, 0.717) is 11.7 Å². The quantitative estimate of drug-likeness (QED) is 0.574. The van der Waals surface area contributed by atoms with Gasteiger partial charge in [0.1, 0.15) is 5.60 Å². The number of hydrogen-bond acceptors (Lipinski definition) is 2. The Kier molecular flexibility index (Phi) is 2.18. The van der Waals surface area contributed by atoms with Gasteiger partial charge in [-0.1, -0.05) is 6.92 Å². The first kappa shape index (κ1) is 9.20. The van der Waals surface area contributed by atoms with Crippen LogP contribution in [0.4, 0.5) is 0 Å². The van der Waals surface area contributed by atoms with Gasteiger partial charge in [-0.3, -0.25) is 4.79 Å². The van der Waals surface area contributed by atoms with Crippen LogP contribution in [-0.2, 0) is 9.53 Å². The molecule has 0 radical (unpaired) electrons. The molecule has 0 bridgehead atoms. The number of Topliss-reactive ketones (excluding diaryl/α,β-unsaturated/α-hetero) is 1. The molecule has 0 aromatic rings. The molecule has 1 saturated heterocycles. The van der Waals surface area contributed by atoms with Crippen molar-refractivity contribution in [3.63, 3.8) is 0 Å². The number of ether oxygens (including phenoxy) is 1. The van der Waals surface area contributed by atoms with E-state index in [1.54, 1.807) is 0 Å². The molecule has 2 rings (SSSR count). The van der Waals surface area contributed by atoms with Crippen molar-refractivity contribution in [2.75, 3.05) is 0 Å². The smallest absolute Gasteiger partial charge is 0.164 e. The lowest BCUT2D eigenvalue weighted by Crippen LogP contribution is -2.41. The van der Waals surface area contributed by atoms with Gasteiger partial charge >= 0.3 is 0 Å². The highest BCUT2D eigenvalue weighted by Crippen LogP contribution is 2.42. The van der Waals surface area contributed by atoms with Gasteiger partial charge in [-0.15, -0.1) is 0 Å².